The lowest BCUT2D eigenvalue weighted by Crippen LogP contribution is -2.24. The van der Waals surface area contributed by atoms with E-state index in [0.29, 0.717) is 23.0 Å². The summed E-state index contributed by atoms with van der Waals surface area (Å²) in [6.45, 7) is 3.76. The second-order valence-corrected chi connectivity index (χ2v) is 6.17. The Kier molecular flexibility index (Phi) is 4.79. The van der Waals surface area contributed by atoms with Crippen molar-refractivity contribution in [3.8, 4) is 0 Å². The molecule has 0 saturated carbocycles. The molecule has 0 radical (unpaired) electrons. The number of H-pyrrole nitrogens is 1. The van der Waals surface area contributed by atoms with E-state index in [9.17, 15) is 4.79 Å². The van der Waals surface area contributed by atoms with Crippen molar-refractivity contribution in [2.24, 2.45) is 5.92 Å². The number of nitrogens with one attached hydrogen (secondary N) is 2. The zero-order chi connectivity index (χ0) is 13.0. The van der Waals surface area contributed by atoms with Gasteiger partial charge in [-0.1, -0.05) is 6.92 Å². The third kappa shape index (κ3) is 3.34. The Labute approximate surface area is 114 Å². The van der Waals surface area contributed by atoms with E-state index in [0.717, 1.165) is 17.8 Å². The number of fused-ring (bicyclic) bond motifs is 1. The second kappa shape index (κ2) is 6.36. The van der Waals surface area contributed by atoms with Crippen LogP contribution in [0.5, 0.6) is 0 Å². The van der Waals surface area contributed by atoms with E-state index in [4.69, 9.17) is 0 Å². The first-order valence-corrected chi connectivity index (χ1v) is 8.14. The molecule has 18 heavy (non-hydrogen) atoms. The van der Waals surface area contributed by atoms with Crippen LogP contribution in [0.4, 0.5) is 0 Å². The number of hydrogen-bond donors (Lipinski definition) is 2. The van der Waals surface area contributed by atoms with Crippen LogP contribution in [0.15, 0.2) is 16.2 Å². The molecule has 0 aromatic carbocycles. The summed E-state index contributed by atoms with van der Waals surface area (Å²) in [7, 11) is 0. The highest BCUT2D eigenvalue weighted by atomic mass is 32.2. The minimum absolute atomic E-state index is 0.0380. The zero-order valence-corrected chi connectivity index (χ0v) is 12.2. The van der Waals surface area contributed by atoms with E-state index < -0.39 is 0 Å². The van der Waals surface area contributed by atoms with Gasteiger partial charge in [0, 0.05) is 0 Å². The van der Waals surface area contributed by atoms with Crippen molar-refractivity contribution in [3.63, 3.8) is 0 Å². The van der Waals surface area contributed by atoms with Crippen LogP contribution >= 0.6 is 23.1 Å². The molecule has 0 bridgehead atoms. The van der Waals surface area contributed by atoms with Crippen molar-refractivity contribution in [1.82, 2.24) is 15.3 Å². The average molecular weight is 283 g/mol. The first-order chi connectivity index (χ1) is 8.70. The molecule has 2 aromatic heterocycles. The van der Waals surface area contributed by atoms with Gasteiger partial charge in [-0.25, -0.2) is 4.98 Å². The first-order valence-electron chi connectivity index (χ1n) is 5.86. The minimum Gasteiger partial charge on any atom is -0.310 e. The number of rotatable bonds is 6. The number of aromatic amines is 1. The lowest BCUT2D eigenvalue weighted by molar-refractivity contribution is 0.549. The van der Waals surface area contributed by atoms with Crippen molar-refractivity contribution < 1.29 is 0 Å². The largest absolute Gasteiger partial charge is 0.310 e. The van der Waals surface area contributed by atoms with E-state index in [1.807, 2.05) is 23.2 Å². The molecule has 1 atom stereocenters. The van der Waals surface area contributed by atoms with Gasteiger partial charge in [0.05, 0.1) is 12.1 Å². The number of thioether (sulfide) groups is 1. The van der Waals surface area contributed by atoms with Crippen molar-refractivity contribution in [3.05, 3.63) is 27.6 Å². The molecule has 6 heteroatoms. The van der Waals surface area contributed by atoms with E-state index >= 15 is 0 Å². The van der Waals surface area contributed by atoms with Crippen LogP contribution in [0.1, 0.15) is 12.7 Å². The van der Waals surface area contributed by atoms with Crippen LogP contribution in [0.25, 0.3) is 10.2 Å². The fraction of sp³-hybridized carbons (Fsp3) is 0.500. The van der Waals surface area contributed by atoms with Gasteiger partial charge in [-0.05, 0) is 35.9 Å². The normalized spacial score (nSPS) is 13.0. The molecule has 1 unspecified atom stereocenters. The maximum Gasteiger partial charge on any atom is 0.268 e. The quantitative estimate of drug-likeness (QED) is 0.852. The highest BCUT2D eigenvalue weighted by Crippen LogP contribution is 2.13. The molecule has 0 saturated heterocycles. The summed E-state index contributed by atoms with van der Waals surface area (Å²) in [5.41, 5.74) is 0.752. The predicted molar refractivity (Wildman–Crippen MR) is 79.5 cm³/mol. The van der Waals surface area contributed by atoms with Gasteiger partial charge in [0.1, 0.15) is 10.5 Å². The SMILES string of the molecule is CSCC(C)CNCc1nc2ccsc2c(=O)[nH]1. The number of thiophene rings is 1. The average Bonchev–Trinajstić information content (AvgIpc) is 2.78. The van der Waals surface area contributed by atoms with Crippen molar-refractivity contribution in [2.45, 2.75) is 13.5 Å². The minimum atomic E-state index is -0.0380. The molecule has 0 fully saturated rings. The van der Waals surface area contributed by atoms with Crippen LogP contribution in [-0.2, 0) is 6.54 Å². The van der Waals surface area contributed by atoms with Crippen molar-refractivity contribution >= 4 is 33.3 Å². The predicted octanol–water partition coefficient (Wildman–Crippen LogP) is 2.07. The van der Waals surface area contributed by atoms with E-state index in [1.54, 1.807) is 0 Å². The van der Waals surface area contributed by atoms with Crippen molar-refractivity contribution in [2.75, 3.05) is 18.6 Å². The Morgan fingerprint density at radius 2 is 2.44 bits per heavy atom. The second-order valence-electron chi connectivity index (χ2n) is 4.34. The maximum absolute atomic E-state index is 11.7. The molecule has 0 aliphatic heterocycles. The Balaban J connectivity index is 1.97. The Morgan fingerprint density at radius 1 is 1.61 bits per heavy atom. The highest BCUT2D eigenvalue weighted by molar-refractivity contribution is 7.98. The molecule has 98 valence electrons. The summed E-state index contributed by atoms with van der Waals surface area (Å²) in [5.74, 6) is 2.47. The molecule has 0 aliphatic carbocycles. The van der Waals surface area contributed by atoms with Crippen LogP contribution in [0.2, 0.25) is 0 Å². The summed E-state index contributed by atoms with van der Waals surface area (Å²) < 4.78 is 0.703. The van der Waals surface area contributed by atoms with Crippen molar-refractivity contribution in [1.29, 1.82) is 0 Å². The van der Waals surface area contributed by atoms with Crippen LogP contribution in [0, 0.1) is 5.92 Å². The summed E-state index contributed by atoms with van der Waals surface area (Å²) in [6, 6.07) is 1.88. The maximum atomic E-state index is 11.7. The van der Waals surface area contributed by atoms with Crippen LogP contribution < -0.4 is 10.9 Å². The molecule has 0 amide bonds. The summed E-state index contributed by atoms with van der Waals surface area (Å²) in [5, 5.41) is 5.22. The summed E-state index contributed by atoms with van der Waals surface area (Å²) in [6.07, 6.45) is 2.11. The fourth-order valence-electron chi connectivity index (χ4n) is 1.79. The molecular formula is C12H17N3OS2. The topological polar surface area (TPSA) is 57.8 Å². The Morgan fingerprint density at radius 3 is 3.22 bits per heavy atom. The standard InChI is InChI=1S/C12H17N3OS2/c1-8(7-17-2)5-13-6-10-14-9-3-4-18-11(9)12(16)15-10/h3-4,8,13H,5-7H2,1-2H3,(H,14,15,16). The summed E-state index contributed by atoms with van der Waals surface area (Å²) >= 11 is 3.28. The molecule has 2 heterocycles. The van der Waals surface area contributed by atoms with Crippen LogP contribution in [0.3, 0.4) is 0 Å². The van der Waals surface area contributed by atoms with Gasteiger partial charge < -0.3 is 10.3 Å². The molecule has 0 aliphatic rings. The molecule has 2 N–H and O–H groups in total. The molecule has 4 nitrogen and oxygen atoms in total. The molecular weight excluding hydrogens is 266 g/mol. The van der Waals surface area contributed by atoms with Gasteiger partial charge in [0.15, 0.2) is 0 Å². The van der Waals surface area contributed by atoms with Gasteiger partial charge in [-0.3, -0.25) is 4.79 Å². The van der Waals surface area contributed by atoms with E-state index in [1.165, 1.54) is 11.3 Å². The molecule has 2 aromatic rings. The molecule has 0 spiro atoms. The number of aromatic nitrogens is 2. The third-order valence-corrected chi connectivity index (χ3v) is 4.41. The number of nitrogens with zero attached hydrogens (tertiary/aromatic N) is 1. The van der Waals surface area contributed by atoms with Crippen LogP contribution in [-0.4, -0.2) is 28.5 Å². The van der Waals surface area contributed by atoms with Gasteiger partial charge in [0.2, 0.25) is 0 Å². The van der Waals surface area contributed by atoms with Gasteiger partial charge in [-0.2, -0.15) is 11.8 Å². The molecule has 2 rings (SSSR count). The third-order valence-electron chi connectivity index (χ3n) is 2.60. The van der Waals surface area contributed by atoms with E-state index in [-0.39, 0.29) is 5.56 Å². The van der Waals surface area contributed by atoms with E-state index in [2.05, 4.69) is 28.5 Å². The summed E-state index contributed by atoms with van der Waals surface area (Å²) in [4.78, 5) is 19.0. The monoisotopic (exact) mass is 283 g/mol. The fourth-order valence-corrected chi connectivity index (χ4v) is 3.20. The number of hydrogen-bond acceptors (Lipinski definition) is 5. The van der Waals surface area contributed by atoms with Gasteiger partial charge in [-0.15, -0.1) is 11.3 Å². The Hall–Kier alpha value is -0.850. The lowest BCUT2D eigenvalue weighted by Gasteiger charge is -2.10. The lowest BCUT2D eigenvalue weighted by atomic mass is 10.2. The smallest absolute Gasteiger partial charge is 0.268 e. The Bertz CT molecular complexity index is 564. The zero-order valence-electron chi connectivity index (χ0n) is 10.5. The highest BCUT2D eigenvalue weighted by Gasteiger charge is 2.05. The van der Waals surface area contributed by atoms with Gasteiger partial charge >= 0.3 is 0 Å². The first kappa shape index (κ1) is 13.6. The van der Waals surface area contributed by atoms with Gasteiger partial charge in [0.25, 0.3) is 5.56 Å².